The third-order valence-corrected chi connectivity index (χ3v) is 4.90. The molecule has 0 unspecified atom stereocenters. The summed E-state index contributed by atoms with van der Waals surface area (Å²) in [6.45, 7) is -2.15. The maximum absolute atomic E-state index is 13.4. The second-order valence-corrected chi connectivity index (χ2v) is 7.25. The molecule has 1 heterocycles. The van der Waals surface area contributed by atoms with Crippen LogP contribution in [0.25, 0.3) is 22.0 Å². The van der Waals surface area contributed by atoms with Crippen LogP contribution in [0.5, 0.6) is 11.5 Å². The van der Waals surface area contributed by atoms with Crippen LogP contribution in [0.1, 0.15) is 11.1 Å². The first-order valence-corrected chi connectivity index (χ1v) is 9.93. The molecular formula is C24H16F6N2O2. The van der Waals surface area contributed by atoms with E-state index in [1.165, 1.54) is 36.5 Å². The van der Waals surface area contributed by atoms with Gasteiger partial charge in [-0.15, -0.1) is 5.10 Å². The van der Waals surface area contributed by atoms with Gasteiger partial charge in [0.25, 0.3) is 0 Å². The summed E-state index contributed by atoms with van der Waals surface area (Å²) in [6.07, 6.45) is -7.21. The first kappa shape index (κ1) is 23.3. The zero-order valence-electron chi connectivity index (χ0n) is 17.3. The molecule has 0 atom stereocenters. The molecule has 0 saturated carbocycles. The maximum atomic E-state index is 13.4. The standard InChI is InChI=1S/C24H16F6N2O2/c25-14-23(26,27)34-21-10-2-1-5-16(21)13-33-17-7-3-6-15(11-17)19-12-31-32-22-18(19)8-4-9-20(22)24(28,29)30/h1-12H,13-14H2. The van der Waals surface area contributed by atoms with Gasteiger partial charge in [0.2, 0.25) is 0 Å². The zero-order chi connectivity index (χ0) is 24.3. The number of hydrogen-bond acceptors (Lipinski definition) is 4. The zero-order valence-corrected chi connectivity index (χ0v) is 17.3. The molecule has 34 heavy (non-hydrogen) atoms. The first-order chi connectivity index (χ1) is 16.2. The molecular weight excluding hydrogens is 462 g/mol. The summed E-state index contributed by atoms with van der Waals surface area (Å²) in [5.41, 5.74) is 0.0112. The van der Waals surface area contributed by atoms with Crippen molar-refractivity contribution >= 4 is 10.9 Å². The van der Waals surface area contributed by atoms with Crippen LogP contribution in [0, 0.1) is 0 Å². The van der Waals surface area contributed by atoms with Crippen LogP contribution in [0.2, 0.25) is 0 Å². The number of aromatic nitrogens is 2. The Morgan fingerprint density at radius 1 is 0.853 bits per heavy atom. The molecule has 0 bridgehead atoms. The summed E-state index contributed by atoms with van der Waals surface area (Å²) >= 11 is 0. The van der Waals surface area contributed by atoms with E-state index < -0.39 is 24.5 Å². The Morgan fingerprint density at radius 2 is 1.62 bits per heavy atom. The Kier molecular flexibility index (Phi) is 6.32. The number of para-hydroxylation sites is 1. The van der Waals surface area contributed by atoms with E-state index in [0.29, 0.717) is 16.9 Å². The summed E-state index contributed by atoms with van der Waals surface area (Å²) in [5, 5.41) is 7.66. The second-order valence-electron chi connectivity index (χ2n) is 7.25. The van der Waals surface area contributed by atoms with Crippen molar-refractivity contribution in [2.24, 2.45) is 0 Å². The summed E-state index contributed by atoms with van der Waals surface area (Å²) in [6, 6.07) is 16.0. The number of alkyl halides is 6. The van der Waals surface area contributed by atoms with Crippen LogP contribution in [0.15, 0.2) is 72.9 Å². The van der Waals surface area contributed by atoms with Gasteiger partial charge in [0.15, 0.2) is 6.67 Å². The normalized spacial score (nSPS) is 12.1. The van der Waals surface area contributed by atoms with E-state index in [4.69, 9.17) is 4.74 Å². The topological polar surface area (TPSA) is 44.2 Å². The van der Waals surface area contributed by atoms with Crippen LogP contribution in [0.4, 0.5) is 26.3 Å². The van der Waals surface area contributed by atoms with Gasteiger partial charge in [0.1, 0.15) is 23.6 Å². The lowest BCUT2D eigenvalue weighted by molar-refractivity contribution is -0.186. The van der Waals surface area contributed by atoms with Crippen molar-refractivity contribution in [3.05, 3.63) is 84.1 Å². The van der Waals surface area contributed by atoms with Crippen molar-refractivity contribution in [1.82, 2.24) is 10.2 Å². The molecule has 0 aliphatic heterocycles. The van der Waals surface area contributed by atoms with Gasteiger partial charge in [-0.3, -0.25) is 0 Å². The van der Waals surface area contributed by atoms with Crippen LogP contribution >= 0.6 is 0 Å². The Balaban J connectivity index is 1.62. The summed E-state index contributed by atoms with van der Waals surface area (Å²) in [5.74, 6) is 0.0896. The summed E-state index contributed by atoms with van der Waals surface area (Å²) < 4.78 is 89.4. The Labute approximate surface area is 189 Å². The molecule has 0 spiro atoms. The van der Waals surface area contributed by atoms with Gasteiger partial charge in [0.05, 0.1) is 11.8 Å². The van der Waals surface area contributed by atoms with Crippen molar-refractivity contribution in [2.75, 3.05) is 6.67 Å². The second kappa shape index (κ2) is 9.20. The Bertz CT molecular complexity index is 1310. The van der Waals surface area contributed by atoms with Crippen molar-refractivity contribution < 1.29 is 35.8 Å². The molecule has 4 nitrogen and oxygen atoms in total. The minimum absolute atomic E-state index is 0.171. The number of ether oxygens (including phenoxy) is 2. The summed E-state index contributed by atoms with van der Waals surface area (Å²) in [7, 11) is 0. The van der Waals surface area contributed by atoms with E-state index >= 15 is 0 Å². The Hall–Kier alpha value is -3.82. The minimum atomic E-state index is -4.59. The molecule has 0 fully saturated rings. The average Bonchev–Trinajstić information content (AvgIpc) is 2.82. The third-order valence-electron chi connectivity index (χ3n) is 4.90. The number of nitrogens with zero attached hydrogens (tertiary/aromatic N) is 2. The lowest BCUT2D eigenvalue weighted by atomic mass is 10.0. The van der Waals surface area contributed by atoms with Gasteiger partial charge in [0, 0.05) is 16.5 Å². The highest BCUT2D eigenvalue weighted by Crippen LogP contribution is 2.37. The van der Waals surface area contributed by atoms with E-state index in [1.54, 1.807) is 30.3 Å². The van der Waals surface area contributed by atoms with Crippen LogP contribution < -0.4 is 9.47 Å². The van der Waals surface area contributed by atoms with Crippen molar-refractivity contribution in [2.45, 2.75) is 18.9 Å². The van der Waals surface area contributed by atoms with E-state index in [1.807, 2.05) is 0 Å². The first-order valence-electron chi connectivity index (χ1n) is 9.93. The van der Waals surface area contributed by atoms with Crippen molar-refractivity contribution in [1.29, 1.82) is 0 Å². The predicted molar refractivity (Wildman–Crippen MR) is 112 cm³/mol. The molecule has 3 aromatic carbocycles. The molecule has 0 radical (unpaired) electrons. The van der Waals surface area contributed by atoms with Gasteiger partial charge in [-0.25, -0.2) is 4.39 Å². The van der Waals surface area contributed by atoms with E-state index in [9.17, 15) is 26.3 Å². The molecule has 176 valence electrons. The van der Waals surface area contributed by atoms with Crippen LogP contribution in [-0.4, -0.2) is 23.0 Å². The quantitative estimate of drug-likeness (QED) is 0.273. The lowest BCUT2D eigenvalue weighted by Gasteiger charge is -2.17. The highest BCUT2D eigenvalue weighted by atomic mass is 19.4. The maximum Gasteiger partial charge on any atom is 0.427 e. The molecule has 0 N–H and O–H groups in total. The largest absolute Gasteiger partial charge is 0.489 e. The van der Waals surface area contributed by atoms with Crippen molar-refractivity contribution in [3.8, 4) is 22.6 Å². The molecule has 4 rings (SSSR count). The van der Waals surface area contributed by atoms with E-state index in [0.717, 1.165) is 6.07 Å². The molecule has 0 aliphatic carbocycles. The fourth-order valence-electron chi connectivity index (χ4n) is 3.37. The minimum Gasteiger partial charge on any atom is -0.489 e. The van der Waals surface area contributed by atoms with Gasteiger partial charge in [-0.05, 0) is 29.8 Å². The molecule has 1 aromatic heterocycles. The van der Waals surface area contributed by atoms with E-state index in [2.05, 4.69) is 14.9 Å². The number of rotatable bonds is 7. The fraction of sp³-hybridized carbons (Fsp3) is 0.167. The molecule has 0 saturated heterocycles. The molecule has 0 aliphatic rings. The van der Waals surface area contributed by atoms with Crippen LogP contribution in [-0.2, 0) is 12.8 Å². The number of fused-ring (bicyclic) bond motifs is 1. The highest BCUT2D eigenvalue weighted by molar-refractivity contribution is 5.95. The lowest BCUT2D eigenvalue weighted by Crippen LogP contribution is -2.27. The molecule has 0 amide bonds. The van der Waals surface area contributed by atoms with Gasteiger partial charge in [-0.1, -0.05) is 42.5 Å². The van der Waals surface area contributed by atoms with Crippen LogP contribution in [0.3, 0.4) is 0 Å². The fourth-order valence-corrected chi connectivity index (χ4v) is 3.37. The van der Waals surface area contributed by atoms with Gasteiger partial charge >= 0.3 is 12.3 Å². The monoisotopic (exact) mass is 478 g/mol. The average molecular weight is 478 g/mol. The predicted octanol–water partition coefficient (Wildman–Crippen LogP) is 6.84. The molecule has 4 aromatic rings. The Morgan fingerprint density at radius 3 is 2.38 bits per heavy atom. The number of hydrogen-bond donors (Lipinski definition) is 0. The smallest absolute Gasteiger partial charge is 0.427 e. The van der Waals surface area contributed by atoms with E-state index in [-0.39, 0.29) is 28.8 Å². The summed E-state index contributed by atoms with van der Waals surface area (Å²) in [4.78, 5) is 0. The third kappa shape index (κ3) is 5.05. The van der Waals surface area contributed by atoms with Gasteiger partial charge < -0.3 is 9.47 Å². The number of halogens is 6. The van der Waals surface area contributed by atoms with Gasteiger partial charge in [-0.2, -0.15) is 27.1 Å². The number of benzene rings is 3. The SMILES string of the molecule is FCC(F)(F)Oc1ccccc1COc1cccc(-c2cnnc3c(C(F)(F)F)cccc23)c1. The van der Waals surface area contributed by atoms with Crippen molar-refractivity contribution in [3.63, 3.8) is 0 Å². The molecule has 10 heteroatoms. The highest BCUT2D eigenvalue weighted by Gasteiger charge is 2.34.